The lowest BCUT2D eigenvalue weighted by molar-refractivity contribution is -0.139. The first kappa shape index (κ1) is 20.2. The van der Waals surface area contributed by atoms with Crippen molar-refractivity contribution in [2.75, 3.05) is 20.1 Å². The molecule has 0 spiro atoms. The Labute approximate surface area is 139 Å². The third-order valence-corrected chi connectivity index (χ3v) is 5.39. The number of likely N-dealkylation sites (N-methyl/N-ethyl adjacent to an activating group) is 1. The van der Waals surface area contributed by atoms with Gasteiger partial charge in [-0.2, -0.15) is 13.2 Å². The van der Waals surface area contributed by atoms with E-state index in [1.807, 2.05) is 25.8 Å². The van der Waals surface area contributed by atoms with Crippen LogP contribution in [-0.4, -0.2) is 39.5 Å². The maximum Gasteiger partial charge on any atom is 0.417 e. The fourth-order valence-corrected chi connectivity index (χ4v) is 3.32. The summed E-state index contributed by atoms with van der Waals surface area (Å²) in [6.07, 6.45) is -3.92. The largest absolute Gasteiger partial charge is 0.417 e. The van der Waals surface area contributed by atoms with Crippen LogP contribution in [0.15, 0.2) is 23.1 Å². The van der Waals surface area contributed by atoms with Crippen LogP contribution in [0.25, 0.3) is 0 Å². The van der Waals surface area contributed by atoms with Crippen LogP contribution in [0, 0.1) is 0 Å². The molecule has 0 aliphatic rings. The first-order chi connectivity index (χ1) is 10.5. The van der Waals surface area contributed by atoms with Crippen molar-refractivity contribution in [3.8, 4) is 0 Å². The topological polar surface area (TPSA) is 49.4 Å². The summed E-state index contributed by atoms with van der Waals surface area (Å²) in [6.45, 7) is 4.39. The van der Waals surface area contributed by atoms with Crippen LogP contribution in [0.5, 0.6) is 0 Å². The first-order valence-corrected chi connectivity index (χ1v) is 8.91. The highest BCUT2D eigenvalue weighted by molar-refractivity contribution is 7.89. The summed E-state index contributed by atoms with van der Waals surface area (Å²) in [6, 6.07) is 2.85. The van der Waals surface area contributed by atoms with Crippen LogP contribution in [0.2, 0.25) is 5.02 Å². The van der Waals surface area contributed by atoms with Gasteiger partial charge in [-0.3, -0.25) is 0 Å². The summed E-state index contributed by atoms with van der Waals surface area (Å²) in [5.74, 6) is 0. The van der Waals surface area contributed by atoms with Gasteiger partial charge in [0.25, 0.3) is 0 Å². The van der Waals surface area contributed by atoms with Gasteiger partial charge < -0.3 is 4.90 Å². The van der Waals surface area contributed by atoms with E-state index in [-0.39, 0.29) is 17.6 Å². The molecule has 0 bridgehead atoms. The molecule has 0 saturated carbocycles. The zero-order valence-corrected chi connectivity index (χ0v) is 14.7. The Morgan fingerprint density at radius 1 is 1.35 bits per heavy atom. The molecule has 0 aliphatic heterocycles. The Kier molecular flexibility index (Phi) is 6.88. The van der Waals surface area contributed by atoms with Gasteiger partial charge in [-0.1, -0.05) is 18.5 Å². The standard InChI is InChI=1S/C14H20ClF3N2O2S/c1-4-10(2)20(3)8-7-19-23(21,22)13-6-5-11(15)9-12(13)14(16,17)18/h5-6,9-10,19H,4,7-8H2,1-3H3. The van der Waals surface area contributed by atoms with Crippen LogP contribution >= 0.6 is 11.6 Å². The zero-order valence-electron chi connectivity index (χ0n) is 13.1. The van der Waals surface area contributed by atoms with E-state index in [1.54, 1.807) is 0 Å². The van der Waals surface area contributed by atoms with E-state index in [4.69, 9.17) is 11.6 Å². The Morgan fingerprint density at radius 3 is 2.48 bits per heavy atom. The highest BCUT2D eigenvalue weighted by Crippen LogP contribution is 2.35. The van der Waals surface area contributed by atoms with Gasteiger partial charge in [-0.15, -0.1) is 0 Å². The van der Waals surface area contributed by atoms with E-state index in [0.29, 0.717) is 12.6 Å². The summed E-state index contributed by atoms with van der Waals surface area (Å²) >= 11 is 5.55. The number of hydrogen-bond acceptors (Lipinski definition) is 3. The molecule has 0 radical (unpaired) electrons. The molecule has 0 heterocycles. The average molecular weight is 373 g/mol. The van der Waals surface area contributed by atoms with Crippen molar-refractivity contribution < 1.29 is 21.6 Å². The van der Waals surface area contributed by atoms with Gasteiger partial charge in [-0.25, -0.2) is 13.1 Å². The molecule has 4 nitrogen and oxygen atoms in total. The van der Waals surface area contributed by atoms with Gasteiger partial charge in [0, 0.05) is 24.2 Å². The van der Waals surface area contributed by atoms with Crippen molar-refractivity contribution in [3.05, 3.63) is 28.8 Å². The average Bonchev–Trinajstić information content (AvgIpc) is 2.44. The number of hydrogen-bond donors (Lipinski definition) is 1. The number of alkyl halides is 3. The summed E-state index contributed by atoms with van der Waals surface area (Å²) in [4.78, 5) is 1.11. The van der Waals surface area contributed by atoms with Crippen LogP contribution < -0.4 is 4.72 Å². The summed E-state index contributed by atoms with van der Waals surface area (Å²) < 4.78 is 65.5. The maximum atomic E-state index is 13.0. The predicted molar refractivity (Wildman–Crippen MR) is 84.0 cm³/mol. The Bertz CT molecular complexity index is 635. The Morgan fingerprint density at radius 2 is 1.96 bits per heavy atom. The predicted octanol–water partition coefficient (Wildman–Crippen LogP) is 3.37. The molecule has 0 aliphatic carbocycles. The van der Waals surface area contributed by atoms with Crippen molar-refractivity contribution in [2.45, 2.75) is 37.4 Å². The minimum Gasteiger partial charge on any atom is -0.302 e. The van der Waals surface area contributed by atoms with Crippen LogP contribution in [0.3, 0.4) is 0 Å². The second-order valence-electron chi connectivity index (χ2n) is 5.27. The first-order valence-electron chi connectivity index (χ1n) is 7.05. The van der Waals surface area contributed by atoms with E-state index < -0.39 is 26.7 Å². The van der Waals surface area contributed by atoms with E-state index in [2.05, 4.69) is 4.72 Å². The SMILES string of the molecule is CCC(C)N(C)CCNS(=O)(=O)c1ccc(Cl)cc1C(F)(F)F. The zero-order chi connectivity index (χ0) is 17.8. The number of halogens is 4. The molecule has 1 atom stereocenters. The van der Waals surface area contributed by atoms with Crippen LogP contribution in [0.1, 0.15) is 25.8 Å². The molecular weight excluding hydrogens is 353 g/mol. The summed E-state index contributed by atoms with van der Waals surface area (Å²) in [5, 5.41) is -0.173. The van der Waals surface area contributed by atoms with Crippen molar-refractivity contribution in [1.82, 2.24) is 9.62 Å². The second kappa shape index (κ2) is 7.83. The molecule has 1 aromatic carbocycles. The van der Waals surface area contributed by atoms with Gasteiger partial charge >= 0.3 is 6.18 Å². The van der Waals surface area contributed by atoms with Gasteiger partial charge in [0.15, 0.2) is 0 Å². The van der Waals surface area contributed by atoms with Crippen LogP contribution in [-0.2, 0) is 16.2 Å². The van der Waals surface area contributed by atoms with E-state index in [9.17, 15) is 21.6 Å². The third-order valence-electron chi connectivity index (χ3n) is 3.64. The van der Waals surface area contributed by atoms with Gasteiger partial charge in [0.1, 0.15) is 0 Å². The number of rotatable bonds is 7. The monoisotopic (exact) mass is 372 g/mol. The minimum absolute atomic E-state index is 0.0170. The molecule has 1 aromatic rings. The highest BCUT2D eigenvalue weighted by atomic mass is 35.5. The molecule has 23 heavy (non-hydrogen) atoms. The lowest BCUT2D eigenvalue weighted by atomic mass is 10.2. The van der Waals surface area contributed by atoms with Gasteiger partial charge in [-0.05, 0) is 38.6 Å². The Hall–Kier alpha value is -0.830. The molecule has 1 rings (SSSR count). The van der Waals surface area contributed by atoms with Crippen molar-refractivity contribution >= 4 is 21.6 Å². The number of nitrogens with one attached hydrogen (secondary N) is 1. The molecule has 132 valence electrons. The molecule has 1 unspecified atom stereocenters. The molecule has 0 amide bonds. The number of nitrogens with zero attached hydrogens (tertiary/aromatic N) is 1. The number of benzene rings is 1. The van der Waals surface area contributed by atoms with Gasteiger partial charge in [0.05, 0.1) is 10.5 Å². The van der Waals surface area contributed by atoms with Crippen molar-refractivity contribution in [2.24, 2.45) is 0 Å². The number of sulfonamides is 1. The lowest BCUT2D eigenvalue weighted by Gasteiger charge is -2.23. The Balaban J connectivity index is 2.93. The van der Waals surface area contributed by atoms with Gasteiger partial charge in [0.2, 0.25) is 10.0 Å². The summed E-state index contributed by atoms with van der Waals surface area (Å²) in [7, 11) is -2.45. The molecule has 0 saturated heterocycles. The third kappa shape index (κ3) is 5.63. The molecule has 0 aromatic heterocycles. The molecule has 0 fully saturated rings. The maximum absolute atomic E-state index is 13.0. The normalized spacial score (nSPS) is 14.3. The van der Waals surface area contributed by atoms with Crippen molar-refractivity contribution in [3.63, 3.8) is 0 Å². The van der Waals surface area contributed by atoms with Crippen molar-refractivity contribution in [1.29, 1.82) is 0 Å². The highest BCUT2D eigenvalue weighted by Gasteiger charge is 2.37. The lowest BCUT2D eigenvalue weighted by Crippen LogP contribution is -2.37. The molecule has 9 heteroatoms. The quantitative estimate of drug-likeness (QED) is 0.798. The fraction of sp³-hybridized carbons (Fsp3) is 0.571. The molecule has 1 N–H and O–H groups in total. The summed E-state index contributed by atoms with van der Waals surface area (Å²) in [5.41, 5.74) is -1.27. The molecular formula is C14H20ClF3N2O2S. The second-order valence-corrected chi connectivity index (χ2v) is 7.45. The van der Waals surface area contributed by atoms with E-state index in [1.165, 1.54) is 0 Å². The van der Waals surface area contributed by atoms with E-state index in [0.717, 1.165) is 18.6 Å². The smallest absolute Gasteiger partial charge is 0.302 e. The fourth-order valence-electron chi connectivity index (χ4n) is 1.92. The minimum atomic E-state index is -4.80. The van der Waals surface area contributed by atoms with Crippen LogP contribution in [0.4, 0.5) is 13.2 Å². The van der Waals surface area contributed by atoms with E-state index >= 15 is 0 Å².